The van der Waals surface area contributed by atoms with Crippen LogP contribution in [-0.2, 0) is 12.8 Å². The van der Waals surface area contributed by atoms with Crippen molar-refractivity contribution in [1.29, 1.82) is 0 Å². The van der Waals surface area contributed by atoms with Gasteiger partial charge in [-0.15, -0.1) is 0 Å². The molecule has 2 N–H and O–H groups in total. The lowest BCUT2D eigenvalue weighted by molar-refractivity contribution is 0.499. The third-order valence-electron chi connectivity index (χ3n) is 2.93. The summed E-state index contributed by atoms with van der Waals surface area (Å²) in [5.41, 5.74) is 7.92. The van der Waals surface area contributed by atoms with Crippen LogP contribution in [0.3, 0.4) is 0 Å². The maximum absolute atomic E-state index is 5.70. The highest BCUT2D eigenvalue weighted by Crippen LogP contribution is 2.21. The molecule has 0 spiro atoms. The van der Waals surface area contributed by atoms with Crippen molar-refractivity contribution in [3.8, 4) is 11.3 Å². The fourth-order valence-corrected chi connectivity index (χ4v) is 1.94. The molecule has 0 aliphatic heterocycles. The summed E-state index contributed by atoms with van der Waals surface area (Å²) in [6.45, 7) is 2.86. The molecule has 0 unspecified atom stereocenters. The van der Waals surface area contributed by atoms with E-state index in [-0.39, 0.29) is 0 Å². The largest absolute Gasteiger partial charge is 0.441 e. The quantitative estimate of drug-likeness (QED) is 0.849. The Bertz CT molecular complexity index is 473. The molecular formula is C15H20N2O. The van der Waals surface area contributed by atoms with E-state index >= 15 is 0 Å². The van der Waals surface area contributed by atoms with E-state index in [1.807, 2.05) is 0 Å². The summed E-state index contributed by atoms with van der Waals surface area (Å²) >= 11 is 0. The average Bonchev–Trinajstić information content (AvgIpc) is 2.86. The molecule has 0 saturated carbocycles. The van der Waals surface area contributed by atoms with Gasteiger partial charge in [-0.2, -0.15) is 0 Å². The van der Waals surface area contributed by atoms with Gasteiger partial charge in [0.25, 0.3) is 0 Å². The first-order valence-corrected chi connectivity index (χ1v) is 6.57. The van der Waals surface area contributed by atoms with Crippen molar-refractivity contribution in [1.82, 2.24) is 4.98 Å². The smallest absolute Gasteiger partial charge is 0.194 e. The third kappa shape index (κ3) is 3.20. The second-order valence-corrected chi connectivity index (χ2v) is 4.46. The zero-order valence-corrected chi connectivity index (χ0v) is 10.9. The highest BCUT2D eigenvalue weighted by molar-refractivity contribution is 5.56. The van der Waals surface area contributed by atoms with Crippen LogP contribution in [0.1, 0.15) is 31.2 Å². The summed E-state index contributed by atoms with van der Waals surface area (Å²) in [5, 5.41) is 0. The SMILES string of the molecule is CCCc1ccc(-c2cnc(CCCN)o2)cc1. The Hall–Kier alpha value is -1.61. The van der Waals surface area contributed by atoms with Gasteiger partial charge in [-0.05, 0) is 24.9 Å². The van der Waals surface area contributed by atoms with E-state index in [0.29, 0.717) is 6.54 Å². The zero-order chi connectivity index (χ0) is 12.8. The second kappa shape index (κ2) is 6.36. The number of benzene rings is 1. The molecule has 0 aliphatic rings. The number of oxazole rings is 1. The van der Waals surface area contributed by atoms with Crippen LogP contribution >= 0.6 is 0 Å². The van der Waals surface area contributed by atoms with Gasteiger partial charge in [-0.25, -0.2) is 4.98 Å². The van der Waals surface area contributed by atoms with Crippen LogP contribution in [0.2, 0.25) is 0 Å². The zero-order valence-electron chi connectivity index (χ0n) is 10.9. The number of aromatic nitrogens is 1. The van der Waals surface area contributed by atoms with Crippen LogP contribution in [0.4, 0.5) is 0 Å². The molecule has 96 valence electrons. The van der Waals surface area contributed by atoms with E-state index in [9.17, 15) is 0 Å². The first-order chi connectivity index (χ1) is 8.83. The minimum atomic E-state index is 0.670. The number of hydrogen-bond donors (Lipinski definition) is 1. The van der Waals surface area contributed by atoms with Crippen LogP contribution in [-0.4, -0.2) is 11.5 Å². The summed E-state index contributed by atoms with van der Waals surface area (Å²) in [6, 6.07) is 8.50. The van der Waals surface area contributed by atoms with Crippen molar-refractivity contribution in [2.24, 2.45) is 5.73 Å². The Morgan fingerprint density at radius 1 is 1.17 bits per heavy atom. The standard InChI is InChI=1S/C15H20N2O/c1-2-4-12-6-8-13(9-7-12)14-11-17-15(18-14)5-3-10-16/h6-9,11H,2-5,10,16H2,1H3. The Labute approximate surface area is 108 Å². The molecule has 1 aromatic carbocycles. The highest BCUT2D eigenvalue weighted by Gasteiger charge is 2.05. The normalized spacial score (nSPS) is 10.8. The molecule has 0 saturated heterocycles. The highest BCUT2D eigenvalue weighted by atomic mass is 16.4. The summed E-state index contributed by atoms with van der Waals surface area (Å²) in [4.78, 5) is 4.27. The van der Waals surface area contributed by atoms with Crippen molar-refractivity contribution in [2.75, 3.05) is 6.54 Å². The maximum Gasteiger partial charge on any atom is 0.194 e. The van der Waals surface area contributed by atoms with E-state index in [1.165, 1.54) is 12.0 Å². The van der Waals surface area contributed by atoms with Gasteiger partial charge in [-0.1, -0.05) is 37.6 Å². The van der Waals surface area contributed by atoms with Crippen LogP contribution in [0.5, 0.6) is 0 Å². The summed E-state index contributed by atoms with van der Waals surface area (Å²) in [7, 11) is 0. The summed E-state index contributed by atoms with van der Waals surface area (Å²) < 4.78 is 5.70. The second-order valence-electron chi connectivity index (χ2n) is 4.46. The lowest BCUT2D eigenvalue weighted by Gasteiger charge is -2.00. The molecule has 0 aliphatic carbocycles. The van der Waals surface area contributed by atoms with Crippen LogP contribution < -0.4 is 5.73 Å². The summed E-state index contributed by atoms with van der Waals surface area (Å²) in [6.07, 6.45) is 5.81. The van der Waals surface area contributed by atoms with Crippen molar-refractivity contribution >= 4 is 0 Å². The maximum atomic E-state index is 5.70. The molecule has 0 amide bonds. The van der Waals surface area contributed by atoms with E-state index in [4.69, 9.17) is 10.2 Å². The van der Waals surface area contributed by atoms with Crippen molar-refractivity contribution < 1.29 is 4.42 Å². The first-order valence-electron chi connectivity index (χ1n) is 6.57. The molecule has 1 aromatic heterocycles. The van der Waals surface area contributed by atoms with Crippen molar-refractivity contribution in [3.05, 3.63) is 41.9 Å². The molecule has 0 atom stereocenters. The van der Waals surface area contributed by atoms with E-state index in [2.05, 4.69) is 36.2 Å². The van der Waals surface area contributed by atoms with Crippen LogP contribution in [0.25, 0.3) is 11.3 Å². The van der Waals surface area contributed by atoms with Gasteiger partial charge >= 0.3 is 0 Å². The Kier molecular flexibility index (Phi) is 4.53. The van der Waals surface area contributed by atoms with Crippen molar-refractivity contribution in [2.45, 2.75) is 32.6 Å². The molecule has 0 fully saturated rings. The van der Waals surface area contributed by atoms with Gasteiger partial charge in [0.2, 0.25) is 0 Å². The van der Waals surface area contributed by atoms with Gasteiger partial charge in [0, 0.05) is 12.0 Å². The van der Waals surface area contributed by atoms with E-state index in [0.717, 1.165) is 36.5 Å². The minimum absolute atomic E-state index is 0.670. The lowest BCUT2D eigenvalue weighted by Crippen LogP contribution is -2.00. The number of aryl methyl sites for hydroxylation is 2. The predicted octanol–water partition coefficient (Wildman–Crippen LogP) is 3.19. The fraction of sp³-hybridized carbons (Fsp3) is 0.400. The number of rotatable bonds is 6. The molecule has 2 aromatic rings. The Morgan fingerprint density at radius 2 is 1.94 bits per heavy atom. The lowest BCUT2D eigenvalue weighted by atomic mass is 10.1. The van der Waals surface area contributed by atoms with Gasteiger partial charge < -0.3 is 10.2 Å². The first kappa shape index (κ1) is 12.8. The van der Waals surface area contributed by atoms with Gasteiger partial charge in [-0.3, -0.25) is 0 Å². The van der Waals surface area contributed by atoms with Gasteiger partial charge in [0.15, 0.2) is 11.7 Å². The number of hydrogen-bond acceptors (Lipinski definition) is 3. The molecule has 1 heterocycles. The van der Waals surface area contributed by atoms with Gasteiger partial charge in [0.05, 0.1) is 6.20 Å². The van der Waals surface area contributed by atoms with Crippen molar-refractivity contribution in [3.63, 3.8) is 0 Å². The van der Waals surface area contributed by atoms with E-state index in [1.54, 1.807) is 6.20 Å². The molecule has 3 heteroatoms. The fourth-order valence-electron chi connectivity index (χ4n) is 1.94. The average molecular weight is 244 g/mol. The number of nitrogens with two attached hydrogens (primary N) is 1. The molecule has 18 heavy (non-hydrogen) atoms. The molecule has 2 rings (SSSR count). The molecular weight excluding hydrogens is 224 g/mol. The van der Waals surface area contributed by atoms with Gasteiger partial charge in [0.1, 0.15) is 0 Å². The molecule has 0 radical (unpaired) electrons. The third-order valence-corrected chi connectivity index (χ3v) is 2.93. The molecule has 3 nitrogen and oxygen atoms in total. The molecule has 0 bridgehead atoms. The topological polar surface area (TPSA) is 52.0 Å². The Balaban J connectivity index is 2.08. The van der Waals surface area contributed by atoms with Crippen LogP contribution in [0, 0.1) is 0 Å². The summed E-state index contributed by atoms with van der Waals surface area (Å²) in [5.74, 6) is 1.61. The predicted molar refractivity (Wildman–Crippen MR) is 73.3 cm³/mol. The van der Waals surface area contributed by atoms with E-state index < -0.39 is 0 Å². The monoisotopic (exact) mass is 244 g/mol. The number of nitrogens with zero attached hydrogens (tertiary/aromatic N) is 1. The Morgan fingerprint density at radius 3 is 2.61 bits per heavy atom. The van der Waals surface area contributed by atoms with Crippen LogP contribution in [0.15, 0.2) is 34.9 Å². The minimum Gasteiger partial charge on any atom is -0.441 e.